The zero-order valence-electron chi connectivity index (χ0n) is 18.9. The van der Waals surface area contributed by atoms with E-state index < -0.39 is 16.9 Å². The van der Waals surface area contributed by atoms with Crippen LogP contribution in [0.5, 0.6) is 0 Å². The summed E-state index contributed by atoms with van der Waals surface area (Å²) in [7, 11) is 0. The number of rotatable bonds is 7. The van der Waals surface area contributed by atoms with Crippen LogP contribution in [0, 0.1) is 18.3 Å². The molecule has 0 aromatic heterocycles. The fraction of sp³-hybridized carbons (Fsp3) is 0.138. The molecule has 4 aromatic carbocycles. The molecular formula is C29H26Cl2NOP. The van der Waals surface area contributed by atoms with Gasteiger partial charge in [0, 0.05) is 0 Å². The van der Waals surface area contributed by atoms with Gasteiger partial charge in [-0.25, -0.2) is 0 Å². The monoisotopic (exact) mass is 505 g/mol. The minimum atomic E-state index is -3.85. The van der Waals surface area contributed by atoms with E-state index in [1.807, 2.05) is 122 Å². The third-order valence-electron chi connectivity index (χ3n) is 6.42. The van der Waals surface area contributed by atoms with Crippen LogP contribution in [-0.4, -0.2) is 16.1 Å². The van der Waals surface area contributed by atoms with E-state index in [1.54, 1.807) is 0 Å². The third kappa shape index (κ3) is 4.15. The van der Waals surface area contributed by atoms with Crippen molar-refractivity contribution >= 4 is 44.7 Å². The molecule has 0 saturated heterocycles. The summed E-state index contributed by atoms with van der Waals surface area (Å²) >= 11 is 15.2. The molecule has 0 heterocycles. The second-order valence-corrected chi connectivity index (χ2v) is 15.8. The molecule has 4 aromatic rings. The van der Waals surface area contributed by atoms with Crippen LogP contribution in [-0.2, 0) is 0 Å². The van der Waals surface area contributed by atoms with Gasteiger partial charge in [-0.3, -0.25) is 0 Å². The van der Waals surface area contributed by atoms with Crippen LogP contribution in [0.1, 0.15) is 17.2 Å². The van der Waals surface area contributed by atoms with E-state index in [2.05, 4.69) is 6.07 Å². The first-order chi connectivity index (χ1) is 16.3. The average Bonchev–Trinajstić information content (AvgIpc) is 2.90. The van der Waals surface area contributed by atoms with Gasteiger partial charge in [-0.2, -0.15) is 0 Å². The van der Waals surface area contributed by atoms with Gasteiger partial charge >= 0.3 is 212 Å². The van der Waals surface area contributed by atoms with Gasteiger partial charge < -0.3 is 0 Å². The fourth-order valence-electron chi connectivity index (χ4n) is 4.57. The number of aliphatic hydroxyl groups is 1. The topological polar surface area (TPSA) is 44.0 Å². The van der Waals surface area contributed by atoms with Crippen LogP contribution in [0.15, 0.2) is 115 Å². The summed E-state index contributed by atoms with van der Waals surface area (Å²) in [5.74, 6) is -3.85. The van der Waals surface area contributed by atoms with Crippen LogP contribution in [0.3, 0.4) is 0 Å². The molecule has 172 valence electrons. The van der Waals surface area contributed by atoms with Crippen molar-refractivity contribution in [3.8, 4) is 6.07 Å². The molecule has 0 amide bonds. The summed E-state index contributed by atoms with van der Waals surface area (Å²) in [5, 5.41) is 24.5. The molecule has 4 rings (SSSR count). The van der Waals surface area contributed by atoms with Crippen LogP contribution >= 0.6 is 28.8 Å². The summed E-state index contributed by atoms with van der Waals surface area (Å²) in [6.45, 7) is 1.97. The van der Waals surface area contributed by atoms with Gasteiger partial charge in [-0.05, 0) is 0 Å². The minimum absolute atomic E-state index is 0.0469. The summed E-state index contributed by atoms with van der Waals surface area (Å²) < 4.78 is 0. The number of benzene rings is 4. The number of hydrogen-bond donors (Lipinski definition) is 1. The number of alkyl halides is 1. The molecule has 0 radical (unpaired) electrons. The normalized spacial score (nSPS) is 15.3. The molecule has 0 aliphatic heterocycles. The number of halogens is 2. The Morgan fingerprint density at radius 1 is 0.765 bits per heavy atom. The molecule has 0 fully saturated rings. The first-order valence-corrected chi connectivity index (χ1v) is 14.8. The van der Waals surface area contributed by atoms with Gasteiger partial charge in [0.15, 0.2) is 0 Å². The van der Waals surface area contributed by atoms with Crippen molar-refractivity contribution < 1.29 is 5.11 Å². The van der Waals surface area contributed by atoms with Gasteiger partial charge in [0.1, 0.15) is 0 Å². The van der Waals surface area contributed by atoms with E-state index in [4.69, 9.17) is 22.8 Å². The molecule has 1 N–H and O–H groups in total. The summed E-state index contributed by atoms with van der Waals surface area (Å²) in [4.78, 5) is -1.68. The Labute approximate surface area is 211 Å². The van der Waals surface area contributed by atoms with Gasteiger partial charge in [-0.15, -0.1) is 0 Å². The van der Waals surface area contributed by atoms with Gasteiger partial charge in [0.2, 0.25) is 0 Å². The second kappa shape index (κ2) is 9.53. The van der Waals surface area contributed by atoms with Crippen molar-refractivity contribution in [3.05, 3.63) is 126 Å². The van der Waals surface area contributed by atoms with Gasteiger partial charge in [0.25, 0.3) is 0 Å². The Hall–Kier alpha value is -2.66. The molecule has 34 heavy (non-hydrogen) atoms. The Balaban J connectivity index is 2.02. The Kier molecular flexibility index (Phi) is 6.86. The Morgan fingerprint density at radius 3 is 1.50 bits per heavy atom. The van der Waals surface area contributed by atoms with Gasteiger partial charge in [0.05, 0.1) is 0 Å². The Morgan fingerprint density at radius 2 is 1.15 bits per heavy atom. The summed E-state index contributed by atoms with van der Waals surface area (Å²) in [5.41, 5.74) is 1.64. The van der Waals surface area contributed by atoms with Crippen molar-refractivity contribution in [3.63, 3.8) is 0 Å². The first-order valence-electron chi connectivity index (χ1n) is 11.1. The van der Waals surface area contributed by atoms with Crippen LogP contribution in [0.2, 0.25) is 0 Å². The van der Waals surface area contributed by atoms with E-state index in [-0.39, 0.29) is 6.16 Å². The van der Waals surface area contributed by atoms with Crippen LogP contribution < -0.4 is 15.9 Å². The maximum atomic E-state index is 11.5. The fourth-order valence-corrected chi connectivity index (χ4v) is 12.1. The standard InChI is InChI=1S/C29H26Cl2NOP/c1-23-17-19-24(20-18-23)28(33)29(30,21-32)22-34(31,25-11-5-2-6-12-25,26-13-7-3-8-14-26)27-15-9-4-10-16-27/h2-20,28,33H,22H2,1H3. The third-order valence-corrected chi connectivity index (χ3v) is 14.4. The summed E-state index contributed by atoms with van der Waals surface area (Å²) in [6.07, 6.45) is -1.19. The number of nitriles is 1. The van der Waals surface area contributed by atoms with E-state index in [0.29, 0.717) is 5.56 Å². The molecule has 5 heteroatoms. The number of aryl methyl sites for hydroxylation is 1. The predicted molar refractivity (Wildman–Crippen MR) is 146 cm³/mol. The van der Waals surface area contributed by atoms with Crippen molar-refractivity contribution in [1.82, 2.24) is 0 Å². The molecular weight excluding hydrogens is 480 g/mol. The van der Waals surface area contributed by atoms with E-state index in [9.17, 15) is 10.4 Å². The van der Waals surface area contributed by atoms with Crippen molar-refractivity contribution in [2.75, 3.05) is 6.16 Å². The molecule has 0 aliphatic rings. The molecule has 0 saturated carbocycles. The second-order valence-electron chi connectivity index (χ2n) is 8.64. The van der Waals surface area contributed by atoms with Gasteiger partial charge in [-0.1, -0.05) is 0 Å². The maximum absolute atomic E-state index is 11.5. The Bertz CT molecular complexity index is 1190. The SMILES string of the molecule is Cc1ccc(C(O)C(Cl)(C#N)CP(Cl)(c2ccccc2)(c2ccccc2)c2ccccc2)cc1. The molecule has 0 spiro atoms. The quantitative estimate of drug-likeness (QED) is 0.239. The van der Waals surface area contributed by atoms with Crippen molar-refractivity contribution in [2.24, 2.45) is 0 Å². The number of hydrogen-bond acceptors (Lipinski definition) is 2. The average molecular weight is 506 g/mol. The number of aliphatic hydroxyl groups excluding tert-OH is 1. The van der Waals surface area contributed by atoms with Crippen molar-refractivity contribution in [2.45, 2.75) is 17.9 Å². The predicted octanol–water partition coefficient (Wildman–Crippen LogP) is 6.21. The van der Waals surface area contributed by atoms with E-state index >= 15 is 0 Å². The zero-order valence-corrected chi connectivity index (χ0v) is 21.3. The number of nitrogens with zero attached hydrogens (tertiary/aromatic N) is 1. The van der Waals surface area contributed by atoms with E-state index in [0.717, 1.165) is 21.5 Å². The van der Waals surface area contributed by atoms with Crippen molar-refractivity contribution in [1.29, 1.82) is 5.26 Å². The molecule has 0 aliphatic carbocycles. The molecule has 2 atom stereocenters. The molecule has 2 nitrogen and oxygen atoms in total. The first kappa shape index (κ1) is 24.5. The van der Waals surface area contributed by atoms with Crippen LogP contribution in [0.4, 0.5) is 0 Å². The summed E-state index contributed by atoms with van der Waals surface area (Å²) in [6, 6.07) is 39.2. The molecule has 0 bridgehead atoms. The molecule has 2 unspecified atom stereocenters. The van der Waals surface area contributed by atoms with E-state index in [1.165, 1.54) is 0 Å². The zero-order chi connectivity index (χ0) is 24.3. The van der Waals surface area contributed by atoms with Crippen LogP contribution in [0.25, 0.3) is 0 Å².